The molecule has 0 fully saturated rings. The van der Waals surface area contributed by atoms with E-state index in [0.717, 1.165) is 13.0 Å². The van der Waals surface area contributed by atoms with Gasteiger partial charge in [-0.1, -0.05) is 51.9 Å². The zero-order valence-electron chi connectivity index (χ0n) is 10.3. The highest BCUT2D eigenvalue weighted by molar-refractivity contribution is 5.73. The fourth-order valence-electron chi connectivity index (χ4n) is 1.55. The summed E-state index contributed by atoms with van der Waals surface area (Å²) in [4.78, 5) is 10.8. The topological polar surface area (TPSA) is 41.1 Å². The van der Waals surface area contributed by atoms with Gasteiger partial charge in [0.25, 0.3) is 0 Å². The van der Waals surface area contributed by atoms with E-state index in [1.807, 2.05) is 0 Å². The molecule has 0 unspecified atom stereocenters. The lowest BCUT2D eigenvalue weighted by Gasteiger charge is -2.04. The number of rotatable bonds is 9. The van der Waals surface area contributed by atoms with Gasteiger partial charge in [0, 0.05) is 13.6 Å². The van der Waals surface area contributed by atoms with Gasteiger partial charge in [-0.3, -0.25) is 0 Å². The molecular weight excluding hydrogens is 188 g/mol. The summed E-state index contributed by atoms with van der Waals surface area (Å²) in [7, 11) is 1.64. The van der Waals surface area contributed by atoms with Gasteiger partial charge in [0.1, 0.15) is 0 Å². The third kappa shape index (κ3) is 11.2. The number of hydrogen-bond donors (Lipinski definition) is 2. The molecule has 0 aromatic rings. The molecule has 3 nitrogen and oxygen atoms in total. The minimum absolute atomic E-state index is 0.0713. The van der Waals surface area contributed by atoms with E-state index in [4.69, 9.17) is 0 Å². The van der Waals surface area contributed by atoms with Crippen LogP contribution in [0.4, 0.5) is 4.79 Å². The van der Waals surface area contributed by atoms with Gasteiger partial charge in [-0.2, -0.15) is 0 Å². The summed E-state index contributed by atoms with van der Waals surface area (Å²) >= 11 is 0. The summed E-state index contributed by atoms with van der Waals surface area (Å²) in [6.45, 7) is 3.04. The summed E-state index contributed by atoms with van der Waals surface area (Å²) in [5.74, 6) is 0. The number of amides is 2. The Morgan fingerprint density at radius 2 is 1.47 bits per heavy atom. The Bertz CT molecular complexity index is 149. The van der Waals surface area contributed by atoms with Gasteiger partial charge in [0.05, 0.1) is 0 Å². The van der Waals surface area contributed by atoms with E-state index in [0.29, 0.717) is 0 Å². The van der Waals surface area contributed by atoms with E-state index in [1.54, 1.807) is 7.05 Å². The molecular formula is C12H26N2O. The third-order valence-corrected chi connectivity index (χ3v) is 2.54. The average molecular weight is 214 g/mol. The second-order valence-corrected chi connectivity index (χ2v) is 3.98. The largest absolute Gasteiger partial charge is 0.341 e. The number of nitrogens with one attached hydrogen (secondary N) is 2. The molecule has 0 bridgehead atoms. The minimum Gasteiger partial charge on any atom is -0.341 e. The monoisotopic (exact) mass is 214 g/mol. The Labute approximate surface area is 94.0 Å². The van der Waals surface area contributed by atoms with Crippen molar-refractivity contribution in [1.82, 2.24) is 10.6 Å². The lowest BCUT2D eigenvalue weighted by atomic mass is 10.1. The van der Waals surface area contributed by atoms with Crippen LogP contribution in [0.2, 0.25) is 0 Å². The summed E-state index contributed by atoms with van der Waals surface area (Å²) < 4.78 is 0. The molecule has 0 atom stereocenters. The van der Waals surface area contributed by atoms with Gasteiger partial charge in [0.15, 0.2) is 0 Å². The molecule has 0 aliphatic heterocycles. The van der Waals surface area contributed by atoms with Crippen LogP contribution in [-0.2, 0) is 0 Å². The van der Waals surface area contributed by atoms with Crippen LogP contribution < -0.4 is 10.6 Å². The van der Waals surface area contributed by atoms with E-state index < -0.39 is 0 Å². The molecule has 0 aliphatic carbocycles. The van der Waals surface area contributed by atoms with Crippen LogP contribution in [0.1, 0.15) is 58.3 Å². The van der Waals surface area contributed by atoms with E-state index in [9.17, 15) is 4.79 Å². The molecule has 90 valence electrons. The van der Waals surface area contributed by atoms with Crippen molar-refractivity contribution < 1.29 is 4.79 Å². The van der Waals surface area contributed by atoms with Crippen LogP contribution in [0.5, 0.6) is 0 Å². The molecule has 0 aliphatic rings. The molecule has 0 aromatic carbocycles. The summed E-state index contributed by atoms with van der Waals surface area (Å²) in [5, 5.41) is 5.33. The van der Waals surface area contributed by atoms with E-state index in [2.05, 4.69) is 17.6 Å². The van der Waals surface area contributed by atoms with Gasteiger partial charge in [-0.05, 0) is 6.42 Å². The normalized spacial score (nSPS) is 10.0. The smallest absolute Gasteiger partial charge is 0.314 e. The van der Waals surface area contributed by atoms with Gasteiger partial charge in [-0.15, -0.1) is 0 Å². The van der Waals surface area contributed by atoms with E-state index in [1.165, 1.54) is 44.9 Å². The summed E-state index contributed by atoms with van der Waals surface area (Å²) in [5.41, 5.74) is 0. The first kappa shape index (κ1) is 14.3. The standard InChI is InChI=1S/C12H26N2O/c1-3-4-5-6-7-8-9-10-11-14-12(15)13-2/h3-11H2,1-2H3,(H2,13,14,15). The highest BCUT2D eigenvalue weighted by atomic mass is 16.2. The van der Waals surface area contributed by atoms with Crippen LogP contribution >= 0.6 is 0 Å². The lowest BCUT2D eigenvalue weighted by molar-refractivity contribution is 0.242. The van der Waals surface area contributed by atoms with Gasteiger partial charge in [0.2, 0.25) is 0 Å². The Morgan fingerprint density at radius 1 is 0.933 bits per heavy atom. The maximum atomic E-state index is 10.8. The first-order valence-corrected chi connectivity index (χ1v) is 6.26. The van der Waals surface area contributed by atoms with Crippen LogP contribution in [0.3, 0.4) is 0 Å². The van der Waals surface area contributed by atoms with Crippen molar-refractivity contribution in [2.45, 2.75) is 58.3 Å². The summed E-state index contributed by atoms with van der Waals surface area (Å²) in [6.07, 6.45) is 10.4. The van der Waals surface area contributed by atoms with Crippen LogP contribution in [0.15, 0.2) is 0 Å². The van der Waals surface area contributed by atoms with Crippen molar-refractivity contribution >= 4 is 6.03 Å². The van der Waals surface area contributed by atoms with Crippen molar-refractivity contribution in [2.24, 2.45) is 0 Å². The number of urea groups is 1. The second-order valence-electron chi connectivity index (χ2n) is 3.98. The highest BCUT2D eigenvalue weighted by Gasteiger charge is 1.94. The number of carbonyl (C=O) groups excluding carboxylic acids is 1. The number of carbonyl (C=O) groups is 1. The Hall–Kier alpha value is -0.730. The number of hydrogen-bond acceptors (Lipinski definition) is 1. The Balaban J connectivity index is 2.95. The Kier molecular flexibility index (Phi) is 10.8. The minimum atomic E-state index is -0.0713. The van der Waals surface area contributed by atoms with Crippen molar-refractivity contribution in [3.8, 4) is 0 Å². The molecule has 0 saturated heterocycles. The number of unbranched alkanes of at least 4 members (excludes halogenated alkanes) is 7. The van der Waals surface area contributed by atoms with Crippen molar-refractivity contribution in [1.29, 1.82) is 0 Å². The average Bonchev–Trinajstić information content (AvgIpc) is 2.26. The first-order chi connectivity index (χ1) is 7.31. The zero-order chi connectivity index (χ0) is 11.4. The van der Waals surface area contributed by atoms with Gasteiger partial charge in [-0.25, -0.2) is 4.79 Å². The molecule has 0 spiro atoms. The third-order valence-electron chi connectivity index (χ3n) is 2.54. The molecule has 0 heterocycles. The lowest BCUT2D eigenvalue weighted by Crippen LogP contribution is -2.33. The fourth-order valence-corrected chi connectivity index (χ4v) is 1.55. The van der Waals surface area contributed by atoms with Gasteiger partial charge >= 0.3 is 6.03 Å². The van der Waals surface area contributed by atoms with Crippen molar-refractivity contribution in [2.75, 3.05) is 13.6 Å². The molecule has 3 heteroatoms. The molecule has 0 aromatic heterocycles. The zero-order valence-corrected chi connectivity index (χ0v) is 10.3. The molecule has 0 radical (unpaired) electrons. The van der Waals surface area contributed by atoms with E-state index >= 15 is 0 Å². The van der Waals surface area contributed by atoms with Crippen molar-refractivity contribution in [3.05, 3.63) is 0 Å². The second kappa shape index (κ2) is 11.3. The maximum Gasteiger partial charge on any atom is 0.314 e. The molecule has 0 saturated carbocycles. The highest BCUT2D eigenvalue weighted by Crippen LogP contribution is 2.07. The predicted molar refractivity (Wildman–Crippen MR) is 65.1 cm³/mol. The fraction of sp³-hybridized carbons (Fsp3) is 0.917. The van der Waals surface area contributed by atoms with Crippen LogP contribution in [0.25, 0.3) is 0 Å². The van der Waals surface area contributed by atoms with Crippen LogP contribution in [0, 0.1) is 0 Å². The maximum absolute atomic E-state index is 10.8. The quantitative estimate of drug-likeness (QED) is 0.569. The van der Waals surface area contributed by atoms with Crippen molar-refractivity contribution in [3.63, 3.8) is 0 Å². The summed E-state index contributed by atoms with van der Waals surface area (Å²) in [6, 6.07) is -0.0713. The first-order valence-electron chi connectivity index (χ1n) is 6.26. The predicted octanol–water partition coefficient (Wildman–Crippen LogP) is 3.06. The SMILES string of the molecule is CCCCCCCCCCNC(=O)NC. The molecule has 2 N–H and O–H groups in total. The molecule has 0 rings (SSSR count). The van der Waals surface area contributed by atoms with Crippen LogP contribution in [-0.4, -0.2) is 19.6 Å². The van der Waals surface area contributed by atoms with E-state index in [-0.39, 0.29) is 6.03 Å². The molecule has 15 heavy (non-hydrogen) atoms. The van der Waals surface area contributed by atoms with Gasteiger partial charge < -0.3 is 10.6 Å². The molecule has 2 amide bonds. The Morgan fingerprint density at radius 3 is 2.00 bits per heavy atom.